The zero-order valence-corrected chi connectivity index (χ0v) is 19.3. The van der Waals surface area contributed by atoms with Crippen molar-refractivity contribution in [3.05, 3.63) is 71.9 Å². The first-order chi connectivity index (χ1) is 16.9. The number of amides is 1. The van der Waals surface area contributed by atoms with E-state index in [9.17, 15) is 14.3 Å². The van der Waals surface area contributed by atoms with Gasteiger partial charge in [0.2, 0.25) is 0 Å². The van der Waals surface area contributed by atoms with Crippen LogP contribution in [0, 0.1) is 12.7 Å². The van der Waals surface area contributed by atoms with E-state index in [1.54, 1.807) is 42.9 Å². The van der Waals surface area contributed by atoms with Crippen LogP contribution >= 0.6 is 0 Å². The van der Waals surface area contributed by atoms with Crippen LogP contribution in [-0.4, -0.2) is 57.7 Å². The molecular weight excluding hydrogens is 451 g/mol. The van der Waals surface area contributed by atoms with Gasteiger partial charge in [0.25, 0.3) is 5.91 Å². The maximum atomic E-state index is 14.2. The topological polar surface area (TPSA) is 113 Å². The lowest BCUT2D eigenvalue weighted by molar-refractivity contribution is -0.00760. The first-order valence-corrected chi connectivity index (χ1v) is 11.1. The average Bonchev–Trinajstić information content (AvgIpc) is 3.26. The van der Waals surface area contributed by atoms with Crippen molar-refractivity contribution in [2.45, 2.75) is 12.5 Å². The van der Waals surface area contributed by atoms with E-state index in [2.05, 4.69) is 25.9 Å². The number of rotatable bonds is 7. The van der Waals surface area contributed by atoms with Crippen LogP contribution < -0.4 is 20.7 Å². The normalized spacial score (nSPS) is 14.4. The number of benzene rings is 2. The van der Waals surface area contributed by atoms with Crippen LogP contribution in [0.3, 0.4) is 0 Å². The molecule has 4 aromatic rings. The summed E-state index contributed by atoms with van der Waals surface area (Å²) < 4.78 is 21.1. The molecule has 0 aliphatic carbocycles. The van der Waals surface area contributed by atoms with E-state index in [-0.39, 0.29) is 18.2 Å². The number of methoxy groups -OCH3 is 1. The third kappa shape index (κ3) is 4.41. The van der Waals surface area contributed by atoms with E-state index in [1.807, 2.05) is 17.4 Å². The third-order valence-corrected chi connectivity index (χ3v) is 6.10. The summed E-state index contributed by atoms with van der Waals surface area (Å²) in [6, 6.07) is 10.1. The number of carbonyl (C=O) groups excluding carboxylic acids is 1. The minimum atomic E-state index is -0.879. The number of hydrogen-bond acceptors (Lipinski definition) is 7. The Balaban J connectivity index is 1.36. The predicted octanol–water partition coefficient (Wildman–Crippen LogP) is 2.66. The Labute approximate surface area is 201 Å². The van der Waals surface area contributed by atoms with Gasteiger partial charge in [0, 0.05) is 48.8 Å². The maximum Gasteiger partial charge on any atom is 0.251 e. The number of carbonyl (C=O) groups is 1. The number of β-amino-alcohol motifs (C(OH)–C–C–N with tert-alkyl or cyclic N) is 1. The molecule has 0 radical (unpaired) electrons. The smallest absolute Gasteiger partial charge is 0.251 e. The van der Waals surface area contributed by atoms with Gasteiger partial charge >= 0.3 is 0 Å². The van der Waals surface area contributed by atoms with Crippen molar-refractivity contribution >= 4 is 23.1 Å². The van der Waals surface area contributed by atoms with Crippen LogP contribution in [0.5, 0.6) is 5.75 Å². The average molecular weight is 477 g/mol. The van der Waals surface area contributed by atoms with Gasteiger partial charge in [-0.3, -0.25) is 9.20 Å². The summed E-state index contributed by atoms with van der Waals surface area (Å²) in [5.41, 5.74) is 3.09. The molecule has 4 N–H and O–H groups in total. The van der Waals surface area contributed by atoms with Crippen molar-refractivity contribution in [1.82, 2.24) is 25.0 Å². The summed E-state index contributed by atoms with van der Waals surface area (Å²) in [4.78, 5) is 21.5. The summed E-state index contributed by atoms with van der Waals surface area (Å²) in [7, 11) is 1.42. The molecule has 180 valence electrons. The van der Waals surface area contributed by atoms with Gasteiger partial charge in [0.15, 0.2) is 23.0 Å². The van der Waals surface area contributed by atoms with Gasteiger partial charge in [-0.1, -0.05) is 0 Å². The molecule has 3 heterocycles. The van der Waals surface area contributed by atoms with Gasteiger partial charge < -0.3 is 25.8 Å². The summed E-state index contributed by atoms with van der Waals surface area (Å²) in [6.07, 6.45) is 5.05. The maximum absolute atomic E-state index is 14.2. The molecule has 9 nitrogen and oxygen atoms in total. The highest BCUT2D eigenvalue weighted by molar-refractivity contribution is 5.96. The van der Waals surface area contributed by atoms with Crippen LogP contribution in [0.2, 0.25) is 0 Å². The molecular formula is C25H25FN6O3. The molecule has 0 unspecified atom stereocenters. The number of nitrogens with one attached hydrogen (secondary N) is 3. The SMILES string of the molecule is COc1ccc(-c2cnc3c(Nc4ccc(C(=O)NCC5(O)CNC5)c(C)c4)nccn23)cc1F. The Morgan fingerprint density at radius 3 is 2.77 bits per heavy atom. The number of fused-ring (bicyclic) bond motifs is 1. The fraction of sp³-hybridized carbons (Fsp3) is 0.240. The summed E-state index contributed by atoms with van der Waals surface area (Å²) in [5.74, 6) is 0.00346. The molecule has 1 aliphatic rings. The number of ether oxygens (including phenoxy) is 1. The second-order valence-electron chi connectivity index (χ2n) is 8.63. The molecule has 0 saturated carbocycles. The molecule has 0 bridgehead atoms. The number of aryl methyl sites for hydroxylation is 1. The minimum absolute atomic E-state index is 0.176. The number of halogens is 1. The molecule has 5 rings (SSSR count). The highest BCUT2D eigenvalue weighted by Crippen LogP contribution is 2.28. The molecule has 0 spiro atoms. The monoisotopic (exact) mass is 476 g/mol. The van der Waals surface area contributed by atoms with Gasteiger partial charge in [-0.2, -0.15) is 0 Å². The number of nitrogens with zero attached hydrogens (tertiary/aromatic N) is 3. The highest BCUT2D eigenvalue weighted by Gasteiger charge is 2.34. The van der Waals surface area contributed by atoms with Gasteiger partial charge in [0.1, 0.15) is 5.60 Å². The second kappa shape index (κ2) is 8.97. The lowest BCUT2D eigenvalue weighted by atomic mass is 9.97. The van der Waals surface area contributed by atoms with E-state index in [1.165, 1.54) is 13.2 Å². The van der Waals surface area contributed by atoms with Crippen molar-refractivity contribution in [3.8, 4) is 17.0 Å². The molecule has 10 heteroatoms. The number of aromatic nitrogens is 3. The number of aliphatic hydroxyl groups is 1. The van der Waals surface area contributed by atoms with Crippen LogP contribution in [0.25, 0.3) is 16.9 Å². The fourth-order valence-corrected chi connectivity index (χ4v) is 4.06. The summed E-state index contributed by atoms with van der Waals surface area (Å²) in [5, 5.41) is 19.2. The van der Waals surface area contributed by atoms with Crippen LogP contribution in [-0.2, 0) is 0 Å². The fourth-order valence-electron chi connectivity index (χ4n) is 4.06. The Morgan fingerprint density at radius 1 is 1.26 bits per heavy atom. The first kappa shape index (κ1) is 22.8. The number of anilines is 2. The lowest BCUT2D eigenvalue weighted by Crippen LogP contribution is -2.64. The third-order valence-electron chi connectivity index (χ3n) is 6.10. The van der Waals surface area contributed by atoms with Crippen molar-refractivity contribution in [2.24, 2.45) is 0 Å². The van der Waals surface area contributed by atoms with E-state index in [4.69, 9.17) is 4.74 Å². The number of hydrogen-bond donors (Lipinski definition) is 4. The zero-order valence-electron chi connectivity index (χ0n) is 19.3. The molecule has 1 fully saturated rings. The lowest BCUT2D eigenvalue weighted by Gasteiger charge is -2.37. The zero-order chi connectivity index (χ0) is 24.6. The van der Waals surface area contributed by atoms with Crippen molar-refractivity contribution in [3.63, 3.8) is 0 Å². The van der Waals surface area contributed by atoms with E-state index in [0.717, 1.165) is 11.3 Å². The van der Waals surface area contributed by atoms with Crippen LogP contribution in [0.15, 0.2) is 55.0 Å². The Hall–Kier alpha value is -4.02. The highest BCUT2D eigenvalue weighted by atomic mass is 19.1. The quantitative estimate of drug-likeness (QED) is 0.324. The number of imidazole rings is 1. The van der Waals surface area contributed by atoms with Crippen LogP contribution in [0.1, 0.15) is 15.9 Å². The molecule has 1 aliphatic heterocycles. The van der Waals surface area contributed by atoms with Crippen molar-refractivity contribution in [1.29, 1.82) is 0 Å². The largest absolute Gasteiger partial charge is 0.494 e. The van der Waals surface area contributed by atoms with Crippen molar-refractivity contribution in [2.75, 3.05) is 32.1 Å². The Morgan fingerprint density at radius 2 is 2.09 bits per heavy atom. The minimum Gasteiger partial charge on any atom is -0.494 e. The predicted molar refractivity (Wildman–Crippen MR) is 130 cm³/mol. The second-order valence-corrected chi connectivity index (χ2v) is 8.63. The standard InChI is InChI=1S/C25H25FN6O3/c1-15-9-17(4-5-18(15)24(33)30-14-25(34)12-27-13-25)31-22-23-29-11-20(32(23)8-7-28-22)16-3-6-21(35-2)19(26)10-16/h3-11,27,34H,12-14H2,1-2H3,(H,28,31)(H,30,33). The van der Waals surface area contributed by atoms with E-state index < -0.39 is 11.4 Å². The van der Waals surface area contributed by atoms with Crippen LogP contribution in [0.4, 0.5) is 15.9 Å². The molecule has 0 atom stereocenters. The van der Waals surface area contributed by atoms with Gasteiger partial charge in [-0.15, -0.1) is 0 Å². The molecule has 2 aromatic carbocycles. The Kier molecular flexibility index (Phi) is 5.83. The first-order valence-electron chi connectivity index (χ1n) is 11.1. The molecule has 35 heavy (non-hydrogen) atoms. The summed E-state index contributed by atoms with van der Waals surface area (Å²) in [6.45, 7) is 2.98. The van der Waals surface area contributed by atoms with Gasteiger partial charge in [0.05, 0.1) is 19.0 Å². The molecule has 1 amide bonds. The van der Waals surface area contributed by atoms with E-state index >= 15 is 0 Å². The summed E-state index contributed by atoms with van der Waals surface area (Å²) >= 11 is 0. The van der Waals surface area contributed by atoms with E-state index in [0.29, 0.717) is 41.4 Å². The Bertz CT molecular complexity index is 1420. The van der Waals surface area contributed by atoms with Gasteiger partial charge in [-0.05, 0) is 48.9 Å². The van der Waals surface area contributed by atoms with Crippen molar-refractivity contribution < 1.29 is 19.0 Å². The molecule has 2 aromatic heterocycles. The molecule has 1 saturated heterocycles. The van der Waals surface area contributed by atoms with Gasteiger partial charge in [-0.25, -0.2) is 14.4 Å².